The second-order valence-corrected chi connectivity index (χ2v) is 9.39. The third-order valence-corrected chi connectivity index (χ3v) is 6.77. The van der Waals surface area contributed by atoms with Gasteiger partial charge in [-0.2, -0.15) is 0 Å². The number of rotatable bonds is 8. The maximum atomic E-state index is 13.2. The Kier molecular flexibility index (Phi) is 7.84. The van der Waals surface area contributed by atoms with Crippen LogP contribution in [0.15, 0.2) is 83.8 Å². The van der Waals surface area contributed by atoms with Gasteiger partial charge in [0, 0.05) is 5.56 Å². The molecule has 2 amide bonds. The van der Waals surface area contributed by atoms with Crippen molar-refractivity contribution >= 4 is 51.9 Å². The summed E-state index contributed by atoms with van der Waals surface area (Å²) in [5.41, 5.74) is 2.26. The van der Waals surface area contributed by atoms with E-state index in [0.29, 0.717) is 32.0 Å². The summed E-state index contributed by atoms with van der Waals surface area (Å²) in [5.74, 6) is 0.574. The van der Waals surface area contributed by atoms with E-state index in [2.05, 4.69) is 5.32 Å². The molecule has 3 aromatic carbocycles. The Morgan fingerprint density at radius 1 is 1.03 bits per heavy atom. The first-order valence-electron chi connectivity index (χ1n) is 10.9. The van der Waals surface area contributed by atoms with Crippen LogP contribution < -0.4 is 14.8 Å². The summed E-state index contributed by atoms with van der Waals surface area (Å²) < 4.78 is 11.6. The Bertz CT molecular complexity index is 1280. The molecule has 0 spiro atoms. The summed E-state index contributed by atoms with van der Waals surface area (Å²) in [6.07, 6.45) is 1.75. The van der Waals surface area contributed by atoms with Crippen LogP contribution >= 0.6 is 24.0 Å². The topological polar surface area (TPSA) is 67.9 Å². The van der Waals surface area contributed by atoms with Gasteiger partial charge in [0.1, 0.15) is 15.8 Å². The fourth-order valence-corrected chi connectivity index (χ4v) is 5.05. The lowest BCUT2D eigenvalue weighted by atomic mass is 10.1. The van der Waals surface area contributed by atoms with Gasteiger partial charge in [-0.1, -0.05) is 84.6 Å². The number of carbonyl (C=O) groups is 2. The molecule has 4 rings (SSSR count). The number of hydrogen-bond acceptors (Lipinski definition) is 6. The molecule has 1 N–H and O–H groups in total. The summed E-state index contributed by atoms with van der Waals surface area (Å²) in [5, 5.41) is 2.78. The summed E-state index contributed by atoms with van der Waals surface area (Å²) in [4.78, 5) is 27.8. The van der Waals surface area contributed by atoms with E-state index in [-0.39, 0.29) is 24.5 Å². The van der Waals surface area contributed by atoms with E-state index in [4.69, 9.17) is 21.7 Å². The maximum Gasteiger partial charge on any atom is 0.266 e. The minimum absolute atomic E-state index is 0.153. The van der Waals surface area contributed by atoms with Crippen LogP contribution in [-0.2, 0) is 9.59 Å². The first kappa shape index (κ1) is 24.5. The molecule has 6 nitrogen and oxygen atoms in total. The highest BCUT2D eigenvalue weighted by atomic mass is 32.2. The van der Waals surface area contributed by atoms with E-state index in [1.807, 2.05) is 67.6 Å². The fraction of sp³-hybridized carbons (Fsp3) is 0.148. The molecule has 1 unspecified atom stereocenters. The number of anilines is 1. The smallest absolute Gasteiger partial charge is 0.266 e. The molecule has 1 saturated heterocycles. The highest BCUT2D eigenvalue weighted by molar-refractivity contribution is 8.26. The molecule has 35 heavy (non-hydrogen) atoms. The minimum Gasteiger partial charge on any atom is -0.495 e. The number of amides is 2. The summed E-state index contributed by atoms with van der Waals surface area (Å²) in [6.45, 7) is 1.76. The molecule has 0 saturated carbocycles. The van der Waals surface area contributed by atoms with Crippen molar-refractivity contribution in [2.45, 2.75) is 13.0 Å². The number of nitrogens with one attached hydrogen (secondary N) is 1. The molecule has 0 aromatic heterocycles. The Labute approximate surface area is 213 Å². The third kappa shape index (κ3) is 5.72. The van der Waals surface area contributed by atoms with Crippen LogP contribution in [0.2, 0.25) is 0 Å². The largest absolute Gasteiger partial charge is 0.495 e. The molecule has 3 aromatic rings. The molecular weight excluding hydrogens is 480 g/mol. The van der Waals surface area contributed by atoms with Crippen LogP contribution in [0, 0.1) is 0 Å². The highest BCUT2D eigenvalue weighted by Gasteiger charge is 2.36. The van der Waals surface area contributed by atoms with Crippen molar-refractivity contribution in [2.24, 2.45) is 0 Å². The zero-order chi connectivity index (χ0) is 24.8. The predicted octanol–water partition coefficient (Wildman–Crippen LogP) is 5.68. The standard InChI is InChI=1S/C27H24N2O4S2/c1-18(19-10-4-3-5-11-19)29-26(31)24(35-27(29)34)16-20-12-6-8-14-22(20)33-17-25(30)28-21-13-7-9-15-23(21)32-2/h3-16,18H,17H2,1-2H3,(H,28,30). The lowest BCUT2D eigenvalue weighted by molar-refractivity contribution is -0.123. The number of benzene rings is 3. The molecule has 8 heteroatoms. The van der Waals surface area contributed by atoms with Gasteiger partial charge in [-0.25, -0.2) is 0 Å². The number of ether oxygens (including phenoxy) is 2. The van der Waals surface area contributed by atoms with Gasteiger partial charge in [0.15, 0.2) is 6.61 Å². The van der Waals surface area contributed by atoms with E-state index >= 15 is 0 Å². The van der Waals surface area contributed by atoms with E-state index in [1.54, 1.807) is 36.3 Å². The van der Waals surface area contributed by atoms with Gasteiger partial charge in [0.2, 0.25) is 0 Å². The average Bonchev–Trinajstić information content (AvgIpc) is 3.16. The number of para-hydroxylation sites is 3. The summed E-state index contributed by atoms with van der Waals surface area (Å²) in [7, 11) is 1.54. The molecule has 1 fully saturated rings. The summed E-state index contributed by atoms with van der Waals surface area (Å²) >= 11 is 6.78. The zero-order valence-electron chi connectivity index (χ0n) is 19.3. The van der Waals surface area contributed by atoms with Crippen molar-refractivity contribution in [3.8, 4) is 11.5 Å². The van der Waals surface area contributed by atoms with Gasteiger partial charge < -0.3 is 14.8 Å². The first-order valence-corrected chi connectivity index (χ1v) is 12.2. The van der Waals surface area contributed by atoms with Crippen molar-refractivity contribution in [2.75, 3.05) is 19.0 Å². The van der Waals surface area contributed by atoms with E-state index < -0.39 is 0 Å². The Morgan fingerprint density at radius 2 is 1.69 bits per heavy atom. The SMILES string of the molecule is COc1ccccc1NC(=O)COc1ccccc1C=C1SC(=S)N(C(C)c2ccccc2)C1=O. The molecule has 0 bridgehead atoms. The number of thiocarbonyl (C=S) groups is 1. The monoisotopic (exact) mass is 504 g/mol. The maximum absolute atomic E-state index is 13.2. The van der Waals surface area contributed by atoms with Gasteiger partial charge >= 0.3 is 0 Å². The number of thioether (sulfide) groups is 1. The van der Waals surface area contributed by atoms with Crippen LogP contribution in [-0.4, -0.2) is 34.8 Å². The fourth-order valence-electron chi connectivity index (χ4n) is 3.64. The van der Waals surface area contributed by atoms with Gasteiger partial charge in [-0.3, -0.25) is 14.5 Å². The molecule has 1 atom stereocenters. The van der Waals surface area contributed by atoms with Crippen molar-refractivity contribution in [3.05, 3.63) is 94.9 Å². The third-order valence-electron chi connectivity index (χ3n) is 5.44. The molecule has 0 aliphatic carbocycles. The van der Waals surface area contributed by atoms with Crippen LogP contribution in [0.1, 0.15) is 24.1 Å². The molecule has 1 aliphatic rings. The van der Waals surface area contributed by atoms with Crippen molar-refractivity contribution in [1.82, 2.24) is 4.90 Å². The van der Waals surface area contributed by atoms with Crippen molar-refractivity contribution in [3.63, 3.8) is 0 Å². The van der Waals surface area contributed by atoms with Crippen LogP contribution in [0.4, 0.5) is 5.69 Å². The van der Waals surface area contributed by atoms with E-state index in [9.17, 15) is 9.59 Å². The first-order chi connectivity index (χ1) is 17.0. The summed E-state index contributed by atoms with van der Waals surface area (Å²) in [6, 6.07) is 24.0. The van der Waals surface area contributed by atoms with Crippen LogP contribution in [0.25, 0.3) is 6.08 Å². The molecule has 1 heterocycles. The van der Waals surface area contributed by atoms with Gasteiger partial charge in [0.05, 0.1) is 23.7 Å². The lowest BCUT2D eigenvalue weighted by Gasteiger charge is -2.23. The molecule has 178 valence electrons. The lowest BCUT2D eigenvalue weighted by Crippen LogP contribution is -2.30. The van der Waals surface area contributed by atoms with Gasteiger partial charge in [0.25, 0.3) is 11.8 Å². The average molecular weight is 505 g/mol. The normalized spacial score (nSPS) is 15.3. The second-order valence-electron chi connectivity index (χ2n) is 7.71. The second kappa shape index (κ2) is 11.2. The van der Waals surface area contributed by atoms with Gasteiger partial charge in [-0.05, 0) is 36.8 Å². The van der Waals surface area contributed by atoms with E-state index in [0.717, 1.165) is 5.56 Å². The number of carbonyl (C=O) groups excluding carboxylic acids is 2. The minimum atomic E-state index is -0.327. The Morgan fingerprint density at radius 3 is 2.43 bits per heavy atom. The predicted molar refractivity (Wildman–Crippen MR) is 143 cm³/mol. The number of nitrogens with zero attached hydrogens (tertiary/aromatic N) is 1. The number of methoxy groups -OCH3 is 1. The number of hydrogen-bond donors (Lipinski definition) is 1. The Balaban J connectivity index is 1.47. The molecule has 0 radical (unpaired) electrons. The van der Waals surface area contributed by atoms with Crippen LogP contribution in [0.5, 0.6) is 11.5 Å². The zero-order valence-corrected chi connectivity index (χ0v) is 20.9. The van der Waals surface area contributed by atoms with E-state index in [1.165, 1.54) is 11.8 Å². The van der Waals surface area contributed by atoms with Gasteiger partial charge in [-0.15, -0.1) is 0 Å². The molecule has 1 aliphatic heterocycles. The highest BCUT2D eigenvalue weighted by Crippen LogP contribution is 2.38. The molecular formula is C27H24N2O4S2. The van der Waals surface area contributed by atoms with Crippen molar-refractivity contribution in [1.29, 1.82) is 0 Å². The Hall–Kier alpha value is -3.62. The quantitative estimate of drug-likeness (QED) is 0.315. The van der Waals surface area contributed by atoms with Crippen molar-refractivity contribution < 1.29 is 19.1 Å². The van der Waals surface area contributed by atoms with Crippen LogP contribution in [0.3, 0.4) is 0 Å².